The Morgan fingerprint density at radius 2 is 1.78 bits per heavy atom. The highest BCUT2D eigenvalue weighted by Gasteiger charge is 2.31. The van der Waals surface area contributed by atoms with Crippen molar-refractivity contribution < 1.29 is 19.0 Å². The SMILES string of the molecule is CCOc1ccc(C2C(C#N)=C(N)Oc3cc(OC(=O)Cc4ccccc4)ccc32)cc1. The highest BCUT2D eigenvalue weighted by Crippen LogP contribution is 2.43. The number of nitrogens with two attached hydrogens (primary N) is 1. The summed E-state index contributed by atoms with van der Waals surface area (Å²) in [6.45, 7) is 2.49. The van der Waals surface area contributed by atoms with Crippen LogP contribution >= 0.6 is 0 Å². The van der Waals surface area contributed by atoms with Gasteiger partial charge in [0, 0.05) is 11.6 Å². The summed E-state index contributed by atoms with van der Waals surface area (Å²) >= 11 is 0. The Bertz CT molecular complexity index is 1190. The summed E-state index contributed by atoms with van der Waals surface area (Å²) in [7, 11) is 0. The van der Waals surface area contributed by atoms with Gasteiger partial charge in [-0.3, -0.25) is 4.79 Å². The fourth-order valence-electron chi connectivity index (χ4n) is 3.70. The maximum atomic E-state index is 12.3. The minimum atomic E-state index is -0.395. The summed E-state index contributed by atoms with van der Waals surface area (Å²) in [6.07, 6.45) is 0.161. The fraction of sp³-hybridized carbons (Fsp3) is 0.154. The number of rotatable bonds is 6. The standard InChI is InChI=1S/C26H22N2O4/c1-2-30-19-10-8-18(9-11-19)25-21-13-12-20(15-23(21)32-26(28)22(25)16-27)31-24(29)14-17-6-4-3-5-7-17/h3-13,15,25H,2,14,28H2,1H3. The van der Waals surface area contributed by atoms with Crippen LogP contribution in [0.2, 0.25) is 0 Å². The van der Waals surface area contributed by atoms with Crippen LogP contribution in [-0.2, 0) is 11.2 Å². The third-order valence-electron chi connectivity index (χ3n) is 5.14. The smallest absolute Gasteiger partial charge is 0.315 e. The molecule has 4 rings (SSSR count). The molecule has 2 N–H and O–H groups in total. The molecule has 32 heavy (non-hydrogen) atoms. The Morgan fingerprint density at radius 1 is 1.06 bits per heavy atom. The second-order valence-electron chi connectivity index (χ2n) is 7.26. The maximum absolute atomic E-state index is 12.3. The van der Waals surface area contributed by atoms with Crippen molar-refractivity contribution in [2.45, 2.75) is 19.3 Å². The van der Waals surface area contributed by atoms with E-state index in [2.05, 4.69) is 6.07 Å². The first-order valence-corrected chi connectivity index (χ1v) is 10.3. The zero-order chi connectivity index (χ0) is 22.5. The first-order chi connectivity index (χ1) is 15.6. The summed E-state index contributed by atoms with van der Waals surface area (Å²) in [5.74, 6) is 0.810. The summed E-state index contributed by atoms with van der Waals surface area (Å²) in [5, 5.41) is 9.71. The number of nitriles is 1. The molecule has 0 fully saturated rings. The molecule has 3 aromatic rings. The molecule has 0 aromatic heterocycles. The van der Waals surface area contributed by atoms with E-state index in [9.17, 15) is 10.1 Å². The molecule has 0 spiro atoms. The molecule has 0 saturated carbocycles. The van der Waals surface area contributed by atoms with Crippen LogP contribution in [0.4, 0.5) is 0 Å². The summed E-state index contributed by atoms with van der Waals surface area (Å²) in [4.78, 5) is 12.3. The third-order valence-corrected chi connectivity index (χ3v) is 5.14. The molecule has 0 amide bonds. The maximum Gasteiger partial charge on any atom is 0.315 e. The number of benzene rings is 3. The molecule has 6 heteroatoms. The second kappa shape index (κ2) is 9.27. The lowest BCUT2D eigenvalue weighted by molar-refractivity contribution is -0.133. The number of carbonyl (C=O) groups is 1. The van der Waals surface area contributed by atoms with E-state index in [0.717, 1.165) is 22.4 Å². The molecule has 1 atom stereocenters. The zero-order valence-electron chi connectivity index (χ0n) is 17.6. The van der Waals surface area contributed by atoms with Crippen LogP contribution in [0.1, 0.15) is 29.5 Å². The highest BCUT2D eigenvalue weighted by atomic mass is 16.5. The van der Waals surface area contributed by atoms with Crippen LogP contribution in [0.3, 0.4) is 0 Å². The van der Waals surface area contributed by atoms with E-state index in [1.807, 2.05) is 61.5 Å². The van der Waals surface area contributed by atoms with Gasteiger partial charge in [-0.2, -0.15) is 5.26 Å². The van der Waals surface area contributed by atoms with E-state index in [1.165, 1.54) is 0 Å². The molecule has 0 aliphatic carbocycles. The van der Waals surface area contributed by atoms with Gasteiger partial charge in [0.05, 0.1) is 18.9 Å². The van der Waals surface area contributed by atoms with E-state index in [0.29, 0.717) is 23.7 Å². The lowest BCUT2D eigenvalue weighted by atomic mass is 9.83. The number of esters is 1. The van der Waals surface area contributed by atoms with E-state index in [-0.39, 0.29) is 18.3 Å². The molecular formula is C26H22N2O4. The molecule has 0 bridgehead atoms. The molecule has 6 nitrogen and oxygen atoms in total. The molecular weight excluding hydrogens is 404 g/mol. The van der Waals surface area contributed by atoms with Gasteiger partial charge in [0.1, 0.15) is 28.9 Å². The quantitative estimate of drug-likeness (QED) is 0.462. The predicted octanol–water partition coefficient (Wildman–Crippen LogP) is 4.45. The minimum Gasteiger partial charge on any atom is -0.494 e. The van der Waals surface area contributed by atoms with Crippen molar-refractivity contribution in [3.63, 3.8) is 0 Å². The molecule has 0 radical (unpaired) electrons. The van der Waals surface area contributed by atoms with Crippen LogP contribution in [0.5, 0.6) is 17.2 Å². The van der Waals surface area contributed by atoms with Crippen LogP contribution in [0.15, 0.2) is 84.3 Å². The van der Waals surface area contributed by atoms with Crippen LogP contribution in [0.25, 0.3) is 0 Å². The second-order valence-corrected chi connectivity index (χ2v) is 7.26. The molecule has 160 valence electrons. The molecule has 1 aliphatic heterocycles. The largest absolute Gasteiger partial charge is 0.494 e. The Balaban J connectivity index is 1.61. The number of allylic oxidation sites excluding steroid dienone is 1. The Morgan fingerprint density at radius 3 is 2.47 bits per heavy atom. The number of ether oxygens (including phenoxy) is 3. The van der Waals surface area contributed by atoms with Crippen molar-refractivity contribution in [3.8, 4) is 23.3 Å². The Hall–Kier alpha value is -4.24. The van der Waals surface area contributed by atoms with E-state index >= 15 is 0 Å². The van der Waals surface area contributed by atoms with Crippen molar-refractivity contribution in [1.29, 1.82) is 5.26 Å². The molecule has 1 unspecified atom stereocenters. The minimum absolute atomic E-state index is 0.0339. The molecule has 1 aliphatic rings. The Labute approximate surface area is 186 Å². The van der Waals surface area contributed by atoms with Crippen molar-refractivity contribution in [1.82, 2.24) is 0 Å². The van der Waals surface area contributed by atoms with Crippen LogP contribution < -0.4 is 19.9 Å². The number of hydrogen-bond acceptors (Lipinski definition) is 6. The topological polar surface area (TPSA) is 94.6 Å². The molecule has 3 aromatic carbocycles. The van der Waals surface area contributed by atoms with Gasteiger partial charge >= 0.3 is 5.97 Å². The van der Waals surface area contributed by atoms with Gasteiger partial charge in [-0.15, -0.1) is 0 Å². The average Bonchev–Trinajstić information content (AvgIpc) is 2.79. The first kappa shape index (κ1) is 21.0. The van der Waals surface area contributed by atoms with E-state index in [1.54, 1.807) is 18.2 Å². The van der Waals surface area contributed by atoms with Gasteiger partial charge in [-0.1, -0.05) is 48.5 Å². The van der Waals surface area contributed by atoms with E-state index < -0.39 is 5.92 Å². The molecule has 1 heterocycles. The van der Waals surface area contributed by atoms with Gasteiger partial charge in [-0.25, -0.2) is 0 Å². The van der Waals surface area contributed by atoms with Gasteiger partial charge in [0.25, 0.3) is 0 Å². The summed E-state index contributed by atoms with van der Waals surface area (Å²) in [5.41, 5.74) is 8.91. The van der Waals surface area contributed by atoms with Crippen LogP contribution in [0, 0.1) is 11.3 Å². The van der Waals surface area contributed by atoms with Gasteiger partial charge < -0.3 is 19.9 Å². The van der Waals surface area contributed by atoms with Gasteiger partial charge in [0.15, 0.2) is 0 Å². The molecule has 0 saturated heterocycles. The zero-order valence-corrected chi connectivity index (χ0v) is 17.6. The number of nitrogens with zero attached hydrogens (tertiary/aromatic N) is 1. The van der Waals surface area contributed by atoms with Crippen molar-refractivity contribution >= 4 is 5.97 Å². The fourth-order valence-corrected chi connectivity index (χ4v) is 3.70. The van der Waals surface area contributed by atoms with Crippen LogP contribution in [-0.4, -0.2) is 12.6 Å². The number of hydrogen-bond donors (Lipinski definition) is 1. The summed E-state index contributed by atoms with van der Waals surface area (Å²) < 4.78 is 16.7. The normalized spacial score (nSPS) is 14.7. The van der Waals surface area contributed by atoms with Gasteiger partial charge in [0.2, 0.25) is 5.88 Å². The third kappa shape index (κ3) is 4.42. The summed E-state index contributed by atoms with van der Waals surface area (Å²) in [6, 6.07) is 24.2. The highest BCUT2D eigenvalue weighted by molar-refractivity contribution is 5.75. The van der Waals surface area contributed by atoms with Crippen molar-refractivity contribution in [2.75, 3.05) is 6.61 Å². The predicted molar refractivity (Wildman–Crippen MR) is 119 cm³/mol. The number of carbonyl (C=O) groups excluding carboxylic acids is 1. The number of fused-ring (bicyclic) bond motifs is 1. The monoisotopic (exact) mass is 426 g/mol. The average molecular weight is 426 g/mol. The lowest BCUT2D eigenvalue weighted by Gasteiger charge is -2.26. The lowest BCUT2D eigenvalue weighted by Crippen LogP contribution is -2.21. The van der Waals surface area contributed by atoms with E-state index in [4.69, 9.17) is 19.9 Å². The first-order valence-electron chi connectivity index (χ1n) is 10.3. The van der Waals surface area contributed by atoms with Crippen molar-refractivity contribution in [2.24, 2.45) is 5.73 Å². The van der Waals surface area contributed by atoms with Gasteiger partial charge in [-0.05, 0) is 36.2 Å². The van der Waals surface area contributed by atoms with Crippen molar-refractivity contribution in [3.05, 3.63) is 101 Å². The Kier molecular flexibility index (Phi) is 6.09.